The first kappa shape index (κ1) is 13.3. The molecule has 100 valence electrons. The SMILES string of the molecule is COCCCNS(=O)(=O)c1ccc2c(c1)CCN2. The second-order valence-electron chi connectivity index (χ2n) is 4.24. The summed E-state index contributed by atoms with van der Waals surface area (Å²) in [6.45, 7) is 1.82. The van der Waals surface area contributed by atoms with Crippen LogP contribution in [0.3, 0.4) is 0 Å². The normalized spacial score (nSPS) is 14.3. The van der Waals surface area contributed by atoms with E-state index in [0.29, 0.717) is 24.5 Å². The Labute approximate surface area is 108 Å². The summed E-state index contributed by atoms with van der Waals surface area (Å²) in [5, 5.41) is 3.21. The molecule has 0 spiro atoms. The van der Waals surface area contributed by atoms with Gasteiger partial charge in [-0.05, 0) is 36.6 Å². The van der Waals surface area contributed by atoms with Gasteiger partial charge in [-0.2, -0.15) is 0 Å². The van der Waals surface area contributed by atoms with E-state index in [1.54, 1.807) is 19.2 Å². The maximum atomic E-state index is 12.0. The molecule has 5 nitrogen and oxygen atoms in total. The lowest BCUT2D eigenvalue weighted by Crippen LogP contribution is -2.25. The number of rotatable bonds is 6. The van der Waals surface area contributed by atoms with Gasteiger partial charge in [-0.15, -0.1) is 0 Å². The van der Waals surface area contributed by atoms with E-state index in [1.807, 2.05) is 6.07 Å². The van der Waals surface area contributed by atoms with Crippen molar-refractivity contribution in [2.75, 3.05) is 32.1 Å². The molecule has 0 aliphatic carbocycles. The lowest BCUT2D eigenvalue weighted by Gasteiger charge is -2.08. The number of hydrogen-bond donors (Lipinski definition) is 2. The van der Waals surface area contributed by atoms with Gasteiger partial charge in [-0.25, -0.2) is 13.1 Å². The highest BCUT2D eigenvalue weighted by Gasteiger charge is 2.17. The number of methoxy groups -OCH3 is 1. The van der Waals surface area contributed by atoms with E-state index in [1.165, 1.54) is 0 Å². The van der Waals surface area contributed by atoms with Gasteiger partial charge < -0.3 is 10.1 Å². The van der Waals surface area contributed by atoms with Crippen LogP contribution in [0.1, 0.15) is 12.0 Å². The largest absolute Gasteiger partial charge is 0.385 e. The van der Waals surface area contributed by atoms with Crippen LogP contribution in [-0.4, -0.2) is 35.2 Å². The molecule has 0 saturated carbocycles. The predicted octanol–water partition coefficient (Wildman–Crippen LogP) is 0.969. The monoisotopic (exact) mass is 270 g/mol. The topological polar surface area (TPSA) is 67.4 Å². The Kier molecular flexibility index (Phi) is 4.21. The van der Waals surface area contributed by atoms with E-state index in [-0.39, 0.29) is 0 Å². The summed E-state index contributed by atoms with van der Waals surface area (Å²) >= 11 is 0. The van der Waals surface area contributed by atoms with Gasteiger partial charge >= 0.3 is 0 Å². The molecule has 2 N–H and O–H groups in total. The molecular formula is C12H18N2O3S. The zero-order valence-corrected chi connectivity index (χ0v) is 11.2. The average molecular weight is 270 g/mol. The molecule has 0 aromatic heterocycles. The highest BCUT2D eigenvalue weighted by molar-refractivity contribution is 7.89. The van der Waals surface area contributed by atoms with Gasteiger partial charge in [0.25, 0.3) is 0 Å². The Balaban J connectivity index is 2.05. The smallest absolute Gasteiger partial charge is 0.240 e. The first-order valence-corrected chi connectivity index (χ1v) is 7.47. The maximum Gasteiger partial charge on any atom is 0.240 e. The number of benzene rings is 1. The molecular weight excluding hydrogens is 252 g/mol. The Bertz CT molecular complexity index is 514. The summed E-state index contributed by atoms with van der Waals surface area (Å²) in [7, 11) is -1.80. The zero-order valence-electron chi connectivity index (χ0n) is 10.4. The molecule has 6 heteroatoms. The first-order valence-electron chi connectivity index (χ1n) is 5.99. The van der Waals surface area contributed by atoms with E-state index >= 15 is 0 Å². The fourth-order valence-corrected chi connectivity index (χ4v) is 3.08. The van der Waals surface area contributed by atoms with Crippen LogP contribution >= 0.6 is 0 Å². The van der Waals surface area contributed by atoms with Crippen LogP contribution in [0, 0.1) is 0 Å². The van der Waals surface area contributed by atoms with Crippen LogP contribution in [0.4, 0.5) is 5.69 Å². The van der Waals surface area contributed by atoms with Gasteiger partial charge in [0.1, 0.15) is 0 Å². The van der Waals surface area contributed by atoms with Crippen molar-refractivity contribution in [3.63, 3.8) is 0 Å². The molecule has 1 aliphatic heterocycles. The van der Waals surface area contributed by atoms with E-state index in [0.717, 1.165) is 24.2 Å². The van der Waals surface area contributed by atoms with Crippen LogP contribution in [-0.2, 0) is 21.2 Å². The fraction of sp³-hybridized carbons (Fsp3) is 0.500. The number of anilines is 1. The van der Waals surface area contributed by atoms with Gasteiger partial charge in [0.05, 0.1) is 4.90 Å². The Hall–Kier alpha value is -1.11. The summed E-state index contributed by atoms with van der Waals surface area (Å²) in [4.78, 5) is 0.336. The molecule has 1 aromatic carbocycles. The van der Waals surface area contributed by atoms with Gasteiger partial charge in [0, 0.05) is 32.5 Å². The molecule has 18 heavy (non-hydrogen) atoms. The third kappa shape index (κ3) is 3.01. The van der Waals surface area contributed by atoms with Crippen LogP contribution < -0.4 is 10.0 Å². The minimum absolute atomic E-state index is 0.336. The second-order valence-corrected chi connectivity index (χ2v) is 6.01. The Morgan fingerprint density at radius 2 is 2.28 bits per heavy atom. The number of nitrogens with one attached hydrogen (secondary N) is 2. The molecule has 1 aromatic rings. The van der Waals surface area contributed by atoms with Crippen molar-refractivity contribution in [2.24, 2.45) is 0 Å². The molecule has 0 fully saturated rings. The molecule has 0 radical (unpaired) electrons. The maximum absolute atomic E-state index is 12.0. The highest BCUT2D eigenvalue weighted by atomic mass is 32.2. The zero-order chi connectivity index (χ0) is 13.0. The number of hydrogen-bond acceptors (Lipinski definition) is 4. The third-order valence-electron chi connectivity index (χ3n) is 2.91. The molecule has 2 rings (SSSR count). The quantitative estimate of drug-likeness (QED) is 0.756. The van der Waals surface area contributed by atoms with Crippen molar-refractivity contribution in [3.05, 3.63) is 23.8 Å². The number of sulfonamides is 1. The van der Waals surface area contributed by atoms with Gasteiger partial charge in [0.2, 0.25) is 10.0 Å². The lowest BCUT2D eigenvalue weighted by molar-refractivity contribution is 0.196. The molecule has 0 bridgehead atoms. The molecule has 1 aliphatic rings. The summed E-state index contributed by atoms with van der Waals surface area (Å²) in [5.41, 5.74) is 2.10. The van der Waals surface area contributed by atoms with Crippen molar-refractivity contribution in [1.29, 1.82) is 0 Å². The third-order valence-corrected chi connectivity index (χ3v) is 4.37. The van der Waals surface area contributed by atoms with Crippen LogP contribution in [0.25, 0.3) is 0 Å². The Morgan fingerprint density at radius 3 is 3.06 bits per heavy atom. The number of ether oxygens (including phenoxy) is 1. The summed E-state index contributed by atoms with van der Waals surface area (Å²) < 4.78 is 31.5. The predicted molar refractivity (Wildman–Crippen MR) is 70.3 cm³/mol. The molecule has 1 heterocycles. The van der Waals surface area contributed by atoms with Crippen molar-refractivity contribution < 1.29 is 13.2 Å². The fourth-order valence-electron chi connectivity index (χ4n) is 1.95. The lowest BCUT2D eigenvalue weighted by atomic mass is 10.2. The summed E-state index contributed by atoms with van der Waals surface area (Å²) in [6.07, 6.45) is 1.55. The second kappa shape index (κ2) is 5.69. The number of fused-ring (bicyclic) bond motifs is 1. The minimum Gasteiger partial charge on any atom is -0.385 e. The van der Waals surface area contributed by atoms with E-state index in [9.17, 15) is 8.42 Å². The van der Waals surface area contributed by atoms with E-state index in [4.69, 9.17) is 4.74 Å². The van der Waals surface area contributed by atoms with Crippen LogP contribution in [0.5, 0.6) is 0 Å². The minimum atomic E-state index is -3.40. The highest BCUT2D eigenvalue weighted by Crippen LogP contribution is 2.24. The Morgan fingerprint density at radius 1 is 1.44 bits per heavy atom. The molecule has 0 amide bonds. The van der Waals surface area contributed by atoms with Crippen molar-refractivity contribution in [2.45, 2.75) is 17.7 Å². The summed E-state index contributed by atoms with van der Waals surface area (Å²) in [6, 6.07) is 5.20. The van der Waals surface area contributed by atoms with Crippen LogP contribution in [0.15, 0.2) is 23.1 Å². The average Bonchev–Trinajstić information content (AvgIpc) is 2.82. The van der Waals surface area contributed by atoms with Crippen LogP contribution in [0.2, 0.25) is 0 Å². The molecule has 0 unspecified atom stereocenters. The summed E-state index contributed by atoms with van der Waals surface area (Å²) in [5.74, 6) is 0. The van der Waals surface area contributed by atoms with Crippen molar-refractivity contribution in [3.8, 4) is 0 Å². The van der Waals surface area contributed by atoms with Gasteiger partial charge in [-0.1, -0.05) is 0 Å². The first-order chi connectivity index (χ1) is 8.63. The van der Waals surface area contributed by atoms with Crippen molar-refractivity contribution in [1.82, 2.24) is 4.72 Å². The standard InChI is InChI=1S/C12H18N2O3S/c1-17-8-2-6-14-18(15,16)11-3-4-12-10(9-11)5-7-13-12/h3-4,9,13-14H,2,5-8H2,1H3. The van der Waals surface area contributed by atoms with Crippen molar-refractivity contribution >= 4 is 15.7 Å². The van der Waals surface area contributed by atoms with Gasteiger partial charge in [0.15, 0.2) is 0 Å². The van der Waals surface area contributed by atoms with E-state index in [2.05, 4.69) is 10.0 Å². The van der Waals surface area contributed by atoms with Gasteiger partial charge in [-0.3, -0.25) is 0 Å². The van der Waals surface area contributed by atoms with E-state index < -0.39 is 10.0 Å². The molecule has 0 saturated heterocycles. The molecule has 0 atom stereocenters.